The number of hydrogen-bond donors (Lipinski definition) is 0. The van der Waals surface area contributed by atoms with Crippen molar-refractivity contribution in [1.29, 1.82) is 5.26 Å². The number of nitriles is 1. The highest BCUT2D eigenvalue weighted by atomic mass is 16.2. The minimum absolute atomic E-state index is 0.0156. The van der Waals surface area contributed by atoms with E-state index >= 15 is 0 Å². The van der Waals surface area contributed by atoms with Crippen LogP contribution in [0.15, 0.2) is 29.4 Å². The summed E-state index contributed by atoms with van der Waals surface area (Å²) in [6.45, 7) is 0. The molecule has 1 aromatic carbocycles. The Bertz CT molecular complexity index is 568. The Balaban J connectivity index is 1.89. The molecule has 1 fully saturated rings. The molecule has 4 heteroatoms. The fraction of sp³-hybridized carbons (Fsp3) is 0.400. The van der Waals surface area contributed by atoms with Gasteiger partial charge in [0.05, 0.1) is 28.9 Å². The third-order valence-corrected chi connectivity index (χ3v) is 3.80. The highest BCUT2D eigenvalue weighted by Crippen LogP contribution is 2.31. The van der Waals surface area contributed by atoms with Crippen LogP contribution in [0.4, 0.5) is 5.69 Å². The first kappa shape index (κ1) is 11.9. The van der Waals surface area contributed by atoms with Gasteiger partial charge in [-0.3, -0.25) is 4.79 Å². The van der Waals surface area contributed by atoms with Gasteiger partial charge in [-0.2, -0.15) is 10.4 Å². The second kappa shape index (κ2) is 4.85. The van der Waals surface area contributed by atoms with Crippen molar-refractivity contribution in [2.75, 3.05) is 5.01 Å². The number of hydrogen-bond acceptors (Lipinski definition) is 3. The van der Waals surface area contributed by atoms with Gasteiger partial charge in [-0.1, -0.05) is 12.8 Å². The largest absolute Gasteiger partial charge is 0.272 e. The van der Waals surface area contributed by atoms with E-state index in [1.165, 1.54) is 11.4 Å². The van der Waals surface area contributed by atoms with Crippen molar-refractivity contribution in [3.63, 3.8) is 0 Å². The van der Waals surface area contributed by atoms with Crippen molar-refractivity contribution in [3.8, 4) is 6.07 Å². The molecule has 19 heavy (non-hydrogen) atoms. The Morgan fingerprint density at radius 3 is 2.74 bits per heavy atom. The van der Waals surface area contributed by atoms with Gasteiger partial charge < -0.3 is 0 Å². The first-order valence-electron chi connectivity index (χ1n) is 6.71. The molecule has 0 radical (unpaired) electrons. The smallest absolute Gasteiger partial charge is 0.256 e. The van der Waals surface area contributed by atoms with Crippen LogP contribution in [0, 0.1) is 17.2 Å². The Morgan fingerprint density at radius 1 is 1.21 bits per heavy atom. The average Bonchev–Trinajstić information content (AvgIpc) is 2.64. The number of benzene rings is 1. The molecule has 1 atom stereocenters. The summed E-state index contributed by atoms with van der Waals surface area (Å²) in [5, 5.41) is 14.8. The number of rotatable bonds is 1. The molecule has 0 N–H and O–H groups in total. The average molecular weight is 253 g/mol. The van der Waals surface area contributed by atoms with E-state index in [4.69, 9.17) is 5.26 Å². The van der Waals surface area contributed by atoms with Crippen LogP contribution in [0.25, 0.3) is 0 Å². The van der Waals surface area contributed by atoms with Crippen LogP contribution in [0.2, 0.25) is 0 Å². The molecule has 0 spiro atoms. The Morgan fingerprint density at radius 2 is 2.00 bits per heavy atom. The van der Waals surface area contributed by atoms with Crippen LogP contribution in [0.1, 0.15) is 37.7 Å². The van der Waals surface area contributed by atoms with Crippen LogP contribution >= 0.6 is 0 Å². The quantitative estimate of drug-likeness (QED) is 0.772. The van der Waals surface area contributed by atoms with E-state index in [9.17, 15) is 4.79 Å². The molecule has 0 saturated heterocycles. The molecule has 3 rings (SSSR count). The molecule has 1 saturated carbocycles. The van der Waals surface area contributed by atoms with E-state index in [0.717, 1.165) is 37.1 Å². The van der Waals surface area contributed by atoms with Crippen LogP contribution in [-0.2, 0) is 4.79 Å². The summed E-state index contributed by atoms with van der Waals surface area (Å²) in [6.07, 6.45) is 5.29. The van der Waals surface area contributed by atoms with Gasteiger partial charge in [0.15, 0.2) is 0 Å². The summed E-state index contributed by atoms with van der Waals surface area (Å²) >= 11 is 0. The van der Waals surface area contributed by atoms with E-state index in [-0.39, 0.29) is 11.8 Å². The zero-order chi connectivity index (χ0) is 13.2. The summed E-state index contributed by atoms with van der Waals surface area (Å²) in [6, 6.07) is 9.08. The van der Waals surface area contributed by atoms with Crippen molar-refractivity contribution in [2.24, 2.45) is 11.0 Å². The summed E-state index contributed by atoms with van der Waals surface area (Å²) in [7, 11) is 0. The molecule has 1 unspecified atom stereocenters. The lowest BCUT2D eigenvalue weighted by molar-refractivity contribution is -0.119. The molecular formula is C15H15N3O. The Labute approximate surface area is 112 Å². The van der Waals surface area contributed by atoms with Gasteiger partial charge in [0.2, 0.25) is 0 Å². The monoisotopic (exact) mass is 253 g/mol. The van der Waals surface area contributed by atoms with Crippen molar-refractivity contribution >= 4 is 17.3 Å². The topological polar surface area (TPSA) is 56.5 Å². The van der Waals surface area contributed by atoms with Gasteiger partial charge >= 0.3 is 0 Å². The lowest BCUT2D eigenvalue weighted by atomic mass is 9.98. The number of anilines is 1. The first-order chi connectivity index (χ1) is 9.29. The van der Waals surface area contributed by atoms with E-state index in [1.54, 1.807) is 24.3 Å². The predicted molar refractivity (Wildman–Crippen MR) is 72.7 cm³/mol. The molecule has 4 nitrogen and oxygen atoms in total. The third kappa shape index (κ3) is 2.12. The van der Waals surface area contributed by atoms with E-state index in [2.05, 4.69) is 11.2 Å². The molecule has 0 bridgehead atoms. The van der Waals surface area contributed by atoms with Crippen LogP contribution < -0.4 is 5.01 Å². The summed E-state index contributed by atoms with van der Waals surface area (Å²) in [5.41, 5.74) is 2.38. The van der Waals surface area contributed by atoms with Crippen LogP contribution in [-0.4, -0.2) is 11.6 Å². The van der Waals surface area contributed by atoms with Gasteiger partial charge in [-0.15, -0.1) is 0 Å². The number of amides is 1. The van der Waals surface area contributed by atoms with E-state index in [1.807, 2.05) is 0 Å². The molecule has 2 aliphatic rings. The van der Waals surface area contributed by atoms with Gasteiger partial charge in [-0.05, 0) is 43.5 Å². The normalized spacial score (nSPS) is 22.5. The number of nitrogens with zero attached hydrogens (tertiary/aromatic N) is 3. The van der Waals surface area contributed by atoms with Gasteiger partial charge in [0.25, 0.3) is 5.91 Å². The molecule has 1 aliphatic heterocycles. The van der Waals surface area contributed by atoms with E-state index < -0.39 is 0 Å². The highest BCUT2D eigenvalue weighted by Gasteiger charge is 2.36. The number of carbonyl (C=O) groups excluding carboxylic acids is 1. The molecule has 1 aromatic rings. The molecule has 1 aliphatic carbocycles. The fourth-order valence-corrected chi connectivity index (χ4v) is 2.75. The van der Waals surface area contributed by atoms with Gasteiger partial charge in [0, 0.05) is 0 Å². The maximum Gasteiger partial charge on any atom is 0.256 e. The Hall–Kier alpha value is -2.15. The van der Waals surface area contributed by atoms with Crippen molar-refractivity contribution in [3.05, 3.63) is 29.8 Å². The second-order valence-corrected chi connectivity index (χ2v) is 5.05. The van der Waals surface area contributed by atoms with Gasteiger partial charge in [-0.25, -0.2) is 5.01 Å². The molecule has 1 heterocycles. The standard InChI is InChI=1S/C15H15N3O/c16-10-11-6-8-12(9-7-11)18-15(19)13-4-2-1-3-5-14(13)17-18/h6-9,13H,1-5H2. The number of hydrazone groups is 1. The SMILES string of the molecule is N#Cc1ccc(N2N=C3CCCCCC3C2=O)cc1. The minimum Gasteiger partial charge on any atom is -0.272 e. The van der Waals surface area contributed by atoms with Gasteiger partial charge in [0.1, 0.15) is 0 Å². The molecule has 96 valence electrons. The molecular weight excluding hydrogens is 238 g/mol. The lowest BCUT2D eigenvalue weighted by Crippen LogP contribution is -2.27. The van der Waals surface area contributed by atoms with Crippen molar-refractivity contribution in [1.82, 2.24) is 0 Å². The summed E-state index contributed by atoms with van der Waals surface area (Å²) in [5.74, 6) is 0.0692. The third-order valence-electron chi connectivity index (χ3n) is 3.80. The first-order valence-corrected chi connectivity index (χ1v) is 6.71. The zero-order valence-electron chi connectivity index (χ0n) is 10.7. The summed E-state index contributed by atoms with van der Waals surface area (Å²) < 4.78 is 0. The predicted octanol–water partition coefficient (Wildman–Crippen LogP) is 2.84. The zero-order valence-corrected chi connectivity index (χ0v) is 10.7. The minimum atomic E-state index is -0.0156. The van der Waals surface area contributed by atoms with Crippen LogP contribution in [0.3, 0.4) is 0 Å². The highest BCUT2D eigenvalue weighted by molar-refractivity contribution is 6.15. The Kier molecular flexibility index (Phi) is 3.04. The fourth-order valence-electron chi connectivity index (χ4n) is 2.75. The molecule has 0 aromatic heterocycles. The van der Waals surface area contributed by atoms with Crippen molar-refractivity contribution < 1.29 is 4.79 Å². The number of carbonyl (C=O) groups is 1. The van der Waals surface area contributed by atoms with E-state index in [0.29, 0.717) is 5.56 Å². The lowest BCUT2D eigenvalue weighted by Gasteiger charge is -2.13. The van der Waals surface area contributed by atoms with Crippen LogP contribution in [0.5, 0.6) is 0 Å². The maximum atomic E-state index is 12.4. The molecule has 1 amide bonds. The maximum absolute atomic E-state index is 12.4. The number of fused-ring (bicyclic) bond motifs is 1. The summed E-state index contributed by atoms with van der Waals surface area (Å²) in [4.78, 5) is 12.4. The van der Waals surface area contributed by atoms with Crippen molar-refractivity contribution in [2.45, 2.75) is 32.1 Å². The second-order valence-electron chi connectivity index (χ2n) is 5.05.